The van der Waals surface area contributed by atoms with Crippen molar-refractivity contribution in [2.45, 2.75) is 46.6 Å². The molecule has 1 aromatic carbocycles. The van der Waals surface area contributed by atoms with Crippen LogP contribution in [0.1, 0.15) is 42.9 Å². The van der Waals surface area contributed by atoms with E-state index in [4.69, 9.17) is 0 Å². The van der Waals surface area contributed by atoms with Crippen molar-refractivity contribution in [1.82, 2.24) is 10.2 Å². The molecule has 1 unspecified atom stereocenters. The first-order chi connectivity index (χ1) is 9.69. The smallest absolute Gasteiger partial charge is 0.0233 e. The van der Waals surface area contributed by atoms with Crippen molar-refractivity contribution in [2.24, 2.45) is 5.92 Å². The van der Waals surface area contributed by atoms with Gasteiger partial charge in [-0.3, -0.25) is 4.90 Å². The van der Waals surface area contributed by atoms with Gasteiger partial charge in [-0.15, -0.1) is 0 Å². The fourth-order valence-corrected chi connectivity index (χ4v) is 3.16. The Kier molecular flexibility index (Phi) is 6.06. The van der Waals surface area contributed by atoms with Gasteiger partial charge < -0.3 is 5.32 Å². The number of rotatable bonds is 6. The standard InChI is InChI=1S/C18H30N2/c1-4-10-20(14-18-6-5-9-19-12-18)13-17-8-7-15(2)16(3)11-17/h7-8,11,18-19H,4-6,9-10,12-14H2,1-3H3. The number of hydrogen-bond acceptors (Lipinski definition) is 2. The summed E-state index contributed by atoms with van der Waals surface area (Å²) in [5.74, 6) is 0.835. The first kappa shape index (κ1) is 15.5. The van der Waals surface area contributed by atoms with Crippen LogP contribution in [0.4, 0.5) is 0 Å². The van der Waals surface area contributed by atoms with E-state index in [0.29, 0.717) is 0 Å². The van der Waals surface area contributed by atoms with Crippen molar-refractivity contribution in [3.05, 3.63) is 34.9 Å². The third-order valence-electron chi connectivity index (χ3n) is 4.43. The Labute approximate surface area is 124 Å². The summed E-state index contributed by atoms with van der Waals surface area (Å²) in [6.45, 7) is 12.7. The van der Waals surface area contributed by atoms with E-state index >= 15 is 0 Å². The lowest BCUT2D eigenvalue weighted by Gasteiger charge is -2.30. The molecule has 1 fully saturated rings. The van der Waals surface area contributed by atoms with Gasteiger partial charge in [0.1, 0.15) is 0 Å². The monoisotopic (exact) mass is 274 g/mol. The lowest BCUT2D eigenvalue weighted by molar-refractivity contribution is 0.201. The highest BCUT2D eigenvalue weighted by atomic mass is 15.1. The quantitative estimate of drug-likeness (QED) is 0.854. The molecule has 20 heavy (non-hydrogen) atoms. The molecule has 0 spiro atoms. The van der Waals surface area contributed by atoms with Gasteiger partial charge in [-0.2, -0.15) is 0 Å². The van der Waals surface area contributed by atoms with Crippen molar-refractivity contribution in [1.29, 1.82) is 0 Å². The minimum absolute atomic E-state index is 0.835. The van der Waals surface area contributed by atoms with Crippen molar-refractivity contribution in [2.75, 3.05) is 26.2 Å². The number of nitrogens with one attached hydrogen (secondary N) is 1. The van der Waals surface area contributed by atoms with Gasteiger partial charge in [0.25, 0.3) is 0 Å². The second kappa shape index (κ2) is 7.80. The predicted molar refractivity (Wildman–Crippen MR) is 87.1 cm³/mol. The molecule has 0 aromatic heterocycles. The molecule has 0 saturated carbocycles. The van der Waals surface area contributed by atoms with Crippen LogP contribution in [0.5, 0.6) is 0 Å². The van der Waals surface area contributed by atoms with E-state index in [-0.39, 0.29) is 0 Å². The lowest BCUT2D eigenvalue weighted by Crippen LogP contribution is -2.38. The molecule has 0 aliphatic carbocycles. The summed E-state index contributed by atoms with van der Waals surface area (Å²) in [4.78, 5) is 2.64. The van der Waals surface area contributed by atoms with Gasteiger partial charge in [0.15, 0.2) is 0 Å². The Morgan fingerprint density at radius 3 is 2.75 bits per heavy atom. The summed E-state index contributed by atoms with van der Waals surface area (Å²) in [6.07, 6.45) is 3.97. The molecule has 1 heterocycles. The molecular weight excluding hydrogens is 244 g/mol. The van der Waals surface area contributed by atoms with Gasteiger partial charge in [0.05, 0.1) is 0 Å². The Hall–Kier alpha value is -0.860. The van der Waals surface area contributed by atoms with Crippen molar-refractivity contribution in [3.63, 3.8) is 0 Å². The molecule has 0 radical (unpaired) electrons. The van der Waals surface area contributed by atoms with Crippen LogP contribution in [0, 0.1) is 19.8 Å². The molecule has 1 aliphatic rings. The van der Waals surface area contributed by atoms with E-state index in [9.17, 15) is 0 Å². The number of hydrogen-bond donors (Lipinski definition) is 1. The molecule has 2 heteroatoms. The Bertz CT molecular complexity index is 408. The molecule has 1 aromatic rings. The Morgan fingerprint density at radius 1 is 1.25 bits per heavy atom. The van der Waals surface area contributed by atoms with E-state index in [1.54, 1.807) is 0 Å². The van der Waals surface area contributed by atoms with Gasteiger partial charge in [-0.1, -0.05) is 25.1 Å². The molecule has 0 amide bonds. The number of piperidine rings is 1. The van der Waals surface area contributed by atoms with Gasteiger partial charge in [0, 0.05) is 13.1 Å². The van der Waals surface area contributed by atoms with Crippen molar-refractivity contribution in [3.8, 4) is 0 Å². The molecule has 112 valence electrons. The molecule has 1 atom stereocenters. The average Bonchev–Trinajstić information content (AvgIpc) is 2.44. The maximum atomic E-state index is 3.54. The number of nitrogens with zero attached hydrogens (tertiary/aromatic N) is 1. The summed E-state index contributed by atoms with van der Waals surface area (Å²) >= 11 is 0. The summed E-state index contributed by atoms with van der Waals surface area (Å²) < 4.78 is 0. The first-order valence-corrected chi connectivity index (χ1v) is 8.18. The highest BCUT2D eigenvalue weighted by molar-refractivity contribution is 5.29. The van der Waals surface area contributed by atoms with E-state index in [1.807, 2.05) is 0 Å². The van der Waals surface area contributed by atoms with Crippen LogP contribution in [0.3, 0.4) is 0 Å². The molecule has 2 nitrogen and oxygen atoms in total. The van der Waals surface area contributed by atoms with Gasteiger partial charge in [-0.05, 0) is 75.4 Å². The van der Waals surface area contributed by atoms with E-state index in [2.05, 4.69) is 49.2 Å². The van der Waals surface area contributed by atoms with Gasteiger partial charge in [-0.25, -0.2) is 0 Å². The van der Waals surface area contributed by atoms with Crippen molar-refractivity contribution >= 4 is 0 Å². The lowest BCUT2D eigenvalue weighted by atomic mass is 9.98. The minimum atomic E-state index is 0.835. The van der Waals surface area contributed by atoms with Crippen LogP contribution >= 0.6 is 0 Å². The molecule has 1 saturated heterocycles. The maximum Gasteiger partial charge on any atom is 0.0233 e. The van der Waals surface area contributed by atoms with Crippen LogP contribution in [0.25, 0.3) is 0 Å². The Balaban J connectivity index is 1.94. The third-order valence-corrected chi connectivity index (χ3v) is 4.43. The SMILES string of the molecule is CCCN(Cc1ccc(C)c(C)c1)CC1CCCNC1. The second-order valence-corrected chi connectivity index (χ2v) is 6.37. The highest BCUT2D eigenvalue weighted by Gasteiger charge is 2.16. The van der Waals surface area contributed by atoms with Crippen molar-refractivity contribution < 1.29 is 0 Å². The second-order valence-electron chi connectivity index (χ2n) is 6.37. The predicted octanol–water partition coefficient (Wildman–Crippen LogP) is 3.52. The summed E-state index contributed by atoms with van der Waals surface area (Å²) in [6, 6.07) is 6.91. The summed E-state index contributed by atoms with van der Waals surface area (Å²) in [7, 11) is 0. The van der Waals surface area contributed by atoms with Gasteiger partial charge in [0.2, 0.25) is 0 Å². The molecule has 0 bridgehead atoms. The average molecular weight is 274 g/mol. The summed E-state index contributed by atoms with van der Waals surface area (Å²) in [5.41, 5.74) is 4.27. The maximum absolute atomic E-state index is 3.54. The topological polar surface area (TPSA) is 15.3 Å². The zero-order chi connectivity index (χ0) is 14.4. The zero-order valence-corrected chi connectivity index (χ0v) is 13.4. The molecule has 1 aliphatic heterocycles. The number of benzene rings is 1. The van der Waals surface area contributed by atoms with Crippen LogP contribution in [-0.2, 0) is 6.54 Å². The fourth-order valence-electron chi connectivity index (χ4n) is 3.16. The zero-order valence-electron chi connectivity index (χ0n) is 13.4. The van der Waals surface area contributed by atoms with E-state index in [0.717, 1.165) is 12.5 Å². The van der Waals surface area contributed by atoms with E-state index < -0.39 is 0 Å². The Morgan fingerprint density at radius 2 is 2.10 bits per heavy atom. The molecule has 1 N–H and O–H groups in total. The van der Waals surface area contributed by atoms with Gasteiger partial charge >= 0.3 is 0 Å². The molecule has 2 rings (SSSR count). The normalized spacial score (nSPS) is 19.5. The largest absolute Gasteiger partial charge is 0.316 e. The van der Waals surface area contributed by atoms with Crippen LogP contribution in [0.2, 0.25) is 0 Å². The molecular formula is C18H30N2. The van der Waals surface area contributed by atoms with Crippen LogP contribution in [0.15, 0.2) is 18.2 Å². The van der Waals surface area contributed by atoms with Crippen LogP contribution in [-0.4, -0.2) is 31.1 Å². The third kappa shape index (κ3) is 4.60. The minimum Gasteiger partial charge on any atom is -0.316 e. The fraction of sp³-hybridized carbons (Fsp3) is 0.667. The number of aryl methyl sites for hydroxylation is 2. The van der Waals surface area contributed by atoms with E-state index in [1.165, 1.54) is 62.1 Å². The summed E-state index contributed by atoms with van der Waals surface area (Å²) in [5, 5.41) is 3.54. The van der Waals surface area contributed by atoms with Crippen LogP contribution < -0.4 is 5.32 Å². The highest BCUT2D eigenvalue weighted by Crippen LogP contribution is 2.16. The first-order valence-electron chi connectivity index (χ1n) is 8.18.